The van der Waals surface area contributed by atoms with E-state index in [0.717, 1.165) is 28.8 Å². The zero-order valence-corrected chi connectivity index (χ0v) is 16.0. The zero-order chi connectivity index (χ0) is 18.5. The number of benzene rings is 2. The van der Waals surface area contributed by atoms with Crippen molar-refractivity contribution < 1.29 is 4.79 Å². The Morgan fingerprint density at radius 3 is 2.58 bits per heavy atom. The van der Waals surface area contributed by atoms with Crippen LogP contribution in [-0.2, 0) is 0 Å². The van der Waals surface area contributed by atoms with Crippen LogP contribution in [0.1, 0.15) is 17.3 Å². The van der Waals surface area contributed by atoms with Crippen LogP contribution < -0.4 is 9.62 Å². The molecule has 6 heteroatoms. The molecule has 3 aromatic rings. The molecule has 0 saturated heterocycles. The second-order valence-corrected chi connectivity index (χ2v) is 7.33. The van der Waals surface area contributed by atoms with Crippen LogP contribution in [-0.4, -0.2) is 35.8 Å². The highest BCUT2D eigenvalue weighted by molar-refractivity contribution is 7.98. The molecule has 3 rings (SSSR count). The maximum absolute atomic E-state index is 12.5. The molecule has 0 fully saturated rings. The minimum Gasteiger partial charge on any atom is -0.322 e. The van der Waals surface area contributed by atoms with E-state index in [0.29, 0.717) is 5.56 Å². The molecule has 0 aliphatic heterocycles. The summed E-state index contributed by atoms with van der Waals surface area (Å²) in [6.07, 6.45) is 1.75. The van der Waals surface area contributed by atoms with Crippen molar-refractivity contribution in [3.8, 4) is 0 Å². The van der Waals surface area contributed by atoms with Crippen LogP contribution in [0.4, 0.5) is 11.4 Å². The van der Waals surface area contributed by atoms with Crippen molar-refractivity contribution >= 4 is 40.3 Å². The third kappa shape index (κ3) is 4.33. The first-order valence-electron chi connectivity index (χ1n) is 8.46. The Morgan fingerprint density at radius 2 is 1.88 bits per heavy atom. The maximum Gasteiger partial charge on any atom is 0.255 e. The largest absolute Gasteiger partial charge is 0.322 e. The Hall–Kier alpha value is -2.57. The molecule has 1 heterocycles. The molecule has 0 aliphatic rings. The third-order valence-corrected chi connectivity index (χ3v) is 4.82. The molecule has 0 unspecified atom stereocenters. The van der Waals surface area contributed by atoms with Crippen molar-refractivity contribution in [3.63, 3.8) is 0 Å². The minimum atomic E-state index is -0.129. The lowest BCUT2D eigenvalue weighted by molar-refractivity contribution is 0.102. The van der Waals surface area contributed by atoms with Crippen LogP contribution in [0.3, 0.4) is 0 Å². The summed E-state index contributed by atoms with van der Waals surface area (Å²) in [4.78, 5) is 16.8. The number of anilines is 2. The predicted octanol–water partition coefficient (Wildman–Crippen LogP) is 4.44. The number of hydrogen-bond donors (Lipinski definition) is 1. The van der Waals surface area contributed by atoms with E-state index in [1.54, 1.807) is 18.3 Å². The molecule has 134 valence electrons. The highest BCUT2D eigenvalue weighted by Gasteiger charge is 2.10. The van der Waals surface area contributed by atoms with Crippen LogP contribution in [0.2, 0.25) is 0 Å². The van der Waals surface area contributed by atoms with E-state index >= 15 is 0 Å². The van der Waals surface area contributed by atoms with Gasteiger partial charge in [-0.2, -0.15) is 0 Å². The molecule has 1 N–H and O–H groups in total. The van der Waals surface area contributed by atoms with Crippen molar-refractivity contribution in [3.05, 3.63) is 66.4 Å². The fourth-order valence-electron chi connectivity index (χ4n) is 2.61. The Kier molecular flexibility index (Phi) is 5.75. The smallest absolute Gasteiger partial charge is 0.255 e. The van der Waals surface area contributed by atoms with E-state index in [-0.39, 0.29) is 5.91 Å². The van der Waals surface area contributed by atoms with Gasteiger partial charge in [0.25, 0.3) is 5.91 Å². The first-order valence-corrected chi connectivity index (χ1v) is 9.19. The number of amides is 1. The van der Waals surface area contributed by atoms with Gasteiger partial charge in [-0.3, -0.25) is 9.78 Å². The third-order valence-electron chi connectivity index (χ3n) is 3.83. The summed E-state index contributed by atoms with van der Waals surface area (Å²) < 4.78 is 4.20. The van der Waals surface area contributed by atoms with E-state index in [4.69, 9.17) is 0 Å². The monoisotopic (exact) mass is 366 g/mol. The number of fused-ring (bicyclic) bond motifs is 1. The second-order valence-electron chi connectivity index (χ2n) is 6.00. The van der Waals surface area contributed by atoms with Crippen LogP contribution in [0.15, 0.2) is 60.8 Å². The van der Waals surface area contributed by atoms with E-state index in [1.807, 2.05) is 73.0 Å². The average molecular weight is 366 g/mol. The SMILES string of the molecule is CCN(SN(C)C)c1ccc(C(=O)Nc2ccc3cccnc3c2)cc1. The van der Waals surface area contributed by atoms with Gasteiger partial charge in [-0.15, -0.1) is 0 Å². The number of carbonyl (C=O) groups excluding carboxylic acids is 1. The lowest BCUT2D eigenvalue weighted by Gasteiger charge is -2.24. The number of carbonyl (C=O) groups is 1. The number of hydrogen-bond acceptors (Lipinski definition) is 5. The fourth-order valence-corrected chi connectivity index (χ4v) is 3.34. The quantitative estimate of drug-likeness (QED) is 0.654. The topological polar surface area (TPSA) is 48.5 Å². The van der Waals surface area contributed by atoms with E-state index in [1.165, 1.54) is 0 Å². The molecule has 1 aromatic heterocycles. The van der Waals surface area contributed by atoms with E-state index in [9.17, 15) is 4.79 Å². The number of pyridine rings is 1. The van der Waals surface area contributed by atoms with Gasteiger partial charge in [0.2, 0.25) is 0 Å². The number of aromatic nitrogens is 1. The van der Waals surface area contributed by atoms with Crippen molar-refractivity contribution in [2.24, 2.45) is 0 Å². The van der Waals surface area contributed by atoms with Crippen LogP contribution in [0.5, 0.6) is 0 Å². The first-order chi connectivity index (χ1) is 12.6. The van der Waals surface area contributed by atoms with Gasteiger partial charge >= 0.3 is 0 Å². The molecule has 0 bridgehead atoms. The molecule has 0 saturated carbocycles. The van der Waals surface area contributed by atoms with Gasteiger partial charge in [0.1, 0.15) is 0 Å². The summed E-state index contributed by atoms with van der Waals surface area (Å²) in [5, 5.41) is 3.99. The van der Waals surface area contributed by atoms with E-state index in [2.05, 4.69) is 21.5 Å². The Morgan fingerprint density at radius 1 is 1.12 bits per heavy atom. The van der Waals surface area contributed by atoms with Crippen LogP contribution in [0.25, 0.3) is 10.9 Å². The Bertz CT molecular complexity index is 896. The lowest BCUT2D eigenvalue weighted by Crippen LogP contribution is -2.19. The van der Waals surface area contributed by atoms with Gasteiger partial charge in [0.05, 0.1) is 5.52 Å². The summed E-state index contributed by atoms with van der Waals surface area (Å²) >= 11 is 1.63. The molecule has 1 amide bonds. The van der Waals surface area contributed by atoms with Crippen molar-refractivity contribution in [2.45, 2.75) is 6.92 Å². The summed E-state index contributed by atoms with van der Waals surface area (Å²) in [6.45, 7) is 2.98. The normalized spacial score (nSPS) is 10.9. The summed E-state index contributed by atoms with van der Waals surface area (Å²) in [6, 6.07) is 17.3. The van der Waals surface area contributed by atoms with Gasteiger partial charge in [-0.25, -0.2) is 4.31 Å². The molecule has 0 aliphatic carbocycles. The van der Waals surface area contributed by atoms with Crippen molar-refractivity contribution in [1.29, 1.82) is 0 Å². The second kappa shape index (κ2) is 8.21. The van der Waals surface area contributed by atoms with Gasteiger partial charge in [0.15, 0.2) is 0 Å². The van der Waals surface area contributed by atoms with Crippen LogP contribution >= 0.6 is 12.1 Å². The maximum atomic E-state index is 12.5. The summed E-state index contributed by atoms with van der Waals surface area (Å²) in [7, 11) is 4.02. The predicted molar refractivity (Wildman–Crippen MR) is 110 cm³/mol. The zero-order valence-electron chi connectivity index (χ0n) is 15.1. The lowest BCUT2D eigenvalue weighted by atomic mass is 10.1. The molecular formula is C20H22N4OS. The fraction of sp³-hybridized carbons (Fsp3) is 0.200. The van der Waals surface area contributed by atoms with Gasteiger partial charge in [-0.05, 0) is 63.5 Å². The van der Waals surface area contributed by atoms with Crippen molar-refractivity contribution in [2.75, 3.05) is 30.3 Å². The molecule has 26 heavy (non-hydrogen) atoms. The minimum absolute atomic E-state index is 0.129. The highest BCUT2D eigenvalue weighted by Crippen LogP contribution is 2.24. The summed E-state index contributed by atoms with van der Waals surface area (Å²) in [5.41, 5.74) is 3.29. The van der Waals surface area contributed by atoms with Gasteiger partial charge in [-0.1, -0.05) is 12.1 Å². The van der Waals surface area contributed by atoms with E-state index < -0.39 is 0 Å². The van der Waals surface area contributed by atoms with Gasteiger partial charge in [0, 0.05) is 47.2 Å². The Balaban J connectivity index is 1.72. The van der Waals surface area contributed by atoms with Crippen molar-refractivity contribution in [1.82, 2.24) is 9.29 Å². The summed E-state index contributed by atoms with van der Waals surface area (Å²) in [5.74, 6) is -0.129. The highest BCUT2D eigenvalue weighted by atomic mass is 32.2. The molecular weight excluding hydrogens is 344 g/mol. The molecule has 2 aromatic carbocycles. The standard InChI is InChI=1S/C20H22N4OS/c1-4-24(26-23(2)3)18-11-8-16(9-12-18)20(25)22-17-10-7-15-6-5-13-21-19(15)14-17/h5-14H,4H2,1-3H3,(H,22,25). The first kappa shape index (κ1) is 18.2. The number of nitrogens with one attached hydrogen (secondary N) is 1. The van der Waals surface area contributed by atoms with Crippen LogP contribution in [0, 0.1) is 0 Å². The molecule has 0 radical (unpaired) electrons. The van der Waals surface area contributed by atoms with Gasteiger partial charge < -0.3 is 9.62 Å². The molecule has 0 atom stereocenters. The molecule has 0 spiro atoms. The number of nitrogens with zero attached hydrogens (tertiary/aromatic N) is 3. The molecule has 5 nitrogen and oxygen atoms in total. The Labute approximate surface area is 158 Å². The average Bonchev–Trinajstić information content (AvgIpc) is 2.66. The number of rotatable bonds is 6.